The van der Waals surface area contributed by atoms with Gasteiger partial charge in [0.05, 0.1) is 12.1 Å². The van der Waals surface area contributed by atoms with Gasteiger partial charge in [-0.25, -0.2) is 0 Å². The van der Waals surface area contributed by atoms with Gasteiger partial charge in [-0.2, -0.15) is 0 Å². The summed E-state index contributed by atoms with van der Waals surface area (Å²) in [6.07, 6.45) is 4.53. The quantitative estimate of drug-likeness (QED) is 0.749. The van der Waals surface area contributed by atoms with Gasteiger partial charge in [0.1, 0.15) is 5.75 Å². The van der Waals surface area contributed by atoms with Gasteiger partial charge in [-0.1, -0.05) is 56.3 Å². The average molecular weight is 304 g/mol. The van der Waals surface area contributed by atoms with Crippen molar-refractivity contribution in [2.75, 3.05) is 7.11 Å². The van der Waals surface area contributed by atoms with Crippen molar-refractivity contribution in [3.8, 4) is 5.75 Å². The highest BCUT2D eigenvalue weighted by Crippen LogP contribution is 2.37. The molecule has 0 bridgehead atoms. The molecular formula is C15H23Cl2NO. The van der Waals surface area contributed by atoms with E-state index in [1.54, 1.807) is 13.2 Å². The molecule has 2 nitrogen and oxygen atoms in total. The number of hydrogen-bond donors (Lipinski definition) is 1. The molecule has 0 aliphatic heterocycles. The molecule has 19 heavy (non-hydrogen) atoms. The van der Waals surface area contributed by atoms with E-state index in [1.165, 1.54) is 12.8 Å². The number of unbranched alkanes of at least 4 members (excludes halogenated alkanes) is 1. The van der Waals surface area contributed by atoms with Crippen LogP contribution in [0.2, 0.25) is 10.0 Å². The van der Waals surface area contributed by atoms with Gasteiger partial charge in [0.25, 0.3) is 0 Å². The van der Waals surface area contributed by atoms with E-state index in [-0.39, 0.29) is 6.04 Å². The van der Waals surface area contributed by atoms with Gasteiger partial charge in [0.15, 0.2) is 0 Å². The molecule has 1 aromatic carbocycles. The second-order valence-electron chi connectivity index (χ2n) is 4.84. The lowest BCUT2D eigenvalue weighted by Crippen LogP contribution is -2.21. The lowest BCUT2D eigenvalue weighted by molar-refractivity contribution is 0.377. The van der Waals surface area contributed by atoms with E-state index in [0.717, 1.165) is 18.4 Å². The Hall–Kier alpha value is -0.440. The molecule has 0 aliphatic rings. The Labute approximate surface area is 126 Å². The third-order valence-corrected chi connectivity index (χ3v) is 4.21. The van der Waals surface area contributed by atoms with Crippen LogP contribution in [0.1, 0.15) is 51.1 Å². The van der Waals surface area contributed by atoms with Gasteiger partial charge < -0.3 is 10.5 Å². The second kappa shape index (κ2) is 7.98. The lowest BCUT2D eigenvalue weighted by Gasteiger charge is -2.24. The third kappa shape index (κ3) is 4.27. The molecule has 2 N–H and O–H groups in total. The van der Waals surface area contributed by atoms with Gasteiger partial charge in [0.2, 0.25) is 0 Å². The molecule has 0 saturated carbocycles. The van der Waals surface area contributed by atoms with Crippen molar-refractivity contribution in [3.63, 3.8) is 0 Å². The van der Waals surface area contributed by atoms with Crippen LogP contribution in [0.3, 0.4) is 0 Å². The zero-order valence-electron chi connectivity index (χ0n) is 11.9. The molecule has 0 fully saturated rings. The Balaban J connectivity index is 2.97. The fourth-order valence-electron chi connectivity index (χ4n) is 2.31. The monoisotopic (exact) mass is 303 g/mol. The van der Waals surface area contributed by atoms with Crippen LogP contribution in [0.5, 0.6) is 5.75 Å². The van der Waals surface area contributed by atoms with E-state index < -0.39 is 0 Å². The van der Waals surface area contributed by atoms with E-state index in [4.69, 9.17) is 33.7 Å². The Bertz CT molecular complexity index is 409. The van der Waals surface area contributed by atoms with E-state index in [2.05, 4.69) is 13.8 Å². The summed E-state index contributed by atoms with van der Waals surface area (Å²) in [6.45, 7) is 4.36. The first-order valence-electron chi connectivity index (χ1n) is 6.83. The summed E-state index contributed by atoms with van der Waals surface area (Å²) in [5, 5.41) is 1.19. The Morgan fingerprint density at radius 2 is 1.89 bits per heavy atom. The molecule has 0 saturated heterocycles. The highest BCUT2D eigenvalue weighted by molar-refractivity contribution is 6.34. The van der Waals surface area contributed by atoms with Crippen molar-refractivity contribution >= 4 is 23.2 Å². The molecule has 0 amide bonds. The SMILES string of the molecule is CCCCC(CC)C(N)c1cc(Cl)c(OC)cc1Cl. The van der Waals surface area contributed by atoms with Crippen molar-refractivity contribution in [1.82, 2.24) is 0 Å². The van der Waals surface area contributed by atoms with Crippen molar-refractivity contribution in [1.29, 1.82) is 0 Å². The zero-order chi connectivity index (χ0) is 14.4. The molecule has 0 radical (unpaired) electrons. The summed E-state index contributed by atoms with van der Waals surface area (Å²) >= 11 is 12.5. The first-order chi connectivity index (χ1) is 9.04. The summed E-state index contributed by atoms with van der Waals surface area (Å²) in [6, 6.07) is 3.50. The molecule has 0 aliphatic carbocycles. The van der Waals surface area contributed by atoms with Gasteiger partial charge >= 0.3 is 0 Å². The molecular weight excluding hydrogens is 281 g/mol. The molecule has 1 rings (SSSR count). The minimum absolute atomic E-state index is 0.0764. The first-order valence-corrected chi connectivity index (χ1v) is 7.59. The van der Waals surface area contributed by atoms with Crippen LogP contribution in [0, 0.1) is 5.92 Å². The van der Waals surface area contributed by atoms with Gasteiger partial charge in [-0.05, 0) is 24.0 Å². The van der Waals surface area contributed by atoms with Crippen molar-refractivity contribution in [2.45, 2.75) is 45.6 Å². The number of ether oxygens (including phenoxy) is 1. The minimum Gasteiger partial charge on any atom is -0.495 e. The van der Waals surface area contributed by atoms with Crippen LogP contribution in [0.25, 0.3) is 0 Å². The van der Waals surface area contributed by atoms with Crippen LogP contribution in [0.15, 0.2) is 12.1 Å². The van der Waals surface area contributed by atoms with Crippen LogP contribution in [-0.2, 0) is 0 Å². The van der Waals surface area contributed by atoms with E-state index in [0.29, 0.717) is 21.7 Å². The highest BCUT2D eigenvalue weighted by Gasteiger charge is 2.21. The van der Waals surface area contributed by atoms with Crippen LogP contribution >= 0.6 is 23.2 Å². The second-order valence-corrected chi connectivity index (χ2v) is 5.66. The fourth-order valence-corrected chi connectivity index (χ4v) is 2.84. The van der Waals surface area contributed by atoms with Crippen LogP contribution in [0.4, 0.5) is 0 Å². The Morgan fingerprint density at radius 1 is 1.21 bits per heavy atom. The van der Waals surface area contributed by atoms with Crippen molar-refractivity contribution in [2.24, 2.45) is 11.7 Å². The third-order valence-electron chi connectivity index (χ3n) is 3.59. The average Bonchev–Trinajstić information content (AvgIpc) is 2.41. The lowest BCUT2D eigenvalue weighted by atomic mass is 9.87. The maximum atomic E-state index is 6.37. The predicted molar refractivity (Wildman–Crippen MR) is 83.2 cm³/mol. The number of rotatable bonds is 7. The van der Waals surface area contributed by atoms with E-state index in [1.807, 2.05) is 6.07 Å². The minimum atomic E-state index is -0.0764. The number of halogens is 2. The molecule has 2 atom stereocenters. The summed E-state index contributed by atoms with van der Waals surface area (Å²) in [5.74, 6) is 1.02. The van der Waals surface area contributed by atoms with E-state index >= 15 is 0 Å². The molecule has 0 spiro atoms. The maximum Gasteiger partial charge on any atom is 0.138 e. The Morgan fingerprint density at radius 3 is 2.42 bits per heavy atom. The summed E-state index contributed by atoms with van der Waals surface area (Å²) in [4.78, 5) is 0. The van der Waals surface area contributed by atoms with Crippen molar-refractivity contribution in [3.05, 3.63) is 27.7 Å². The van der Waals surface area contributed by atoms with Crippen LogP contribution < -0.4 is 10.5 Å². The number of benzene rings is 1. The van der Waals surface area contributed by atoms with Crippen LogP contribution in [-0.4, -0.2) is 7.11 Å². The largest absolute Gasteiger partial charge is 0.495 e. The molecule has 2 unspecified atom stereocenters. The maximum absolute atomic E-state index is 6.37. The Kier molecular flexibility index (Phi) is 6.98. The van der Waals surface area contributed by atoms with Gasteiger partial charge in [0, 0.05) is 17.1 Å². The standard InChI is InChI=1S/C15H23Cl2NO/c1-4-6-7-10(5-2)15(18)11-8-13(17)14(19-3)9-12(11)16/h8-10,15H,4-7,18H2,1-3H3. The van der Waals surface area contributed by atoms with E-state index in [9.17, 15) is 0 Å². The number of methoxy groups -OCH3 is 1. The van der Waals surface area contributed by atoms with Gasteiger partial charge in [-0.15, -0.1) is 0 Å². The summed E-state index contributed by atoms with van der Waals surface area (Å²) in [7, 11) is 1.58. The molecule has 4 heteroatoms. The zero-order valence-corrected chi connectivity index (χ0v) is 13.4. The van der Waals surface area contributed by atoms with Gasteiger partial charge in [-0.3, -0.25) is 0 Å². The molecule has 0 aromatic heterocycles. The molecule has 0 heterocycles. The smallest absolute Gasteiger partial charge is 0.138 e. The number of nitrogens with two attached hydrogens (primary N) is 1. The highest BCUT2D eigenvalue weighted by atomic mass is 35.5. The molecule has 1 aromatic rings. The number of hydrogen-bond acceptors (Lipinski definition) is 2. The predicted octanol–water partition coefficient (Wildman–Crippen LogP) is 5.22. The normalized spacial score (nSPS) is 14.2. The summed E-state index contributed by atoms with van der Waals surface area (Å²) < 4.78 is 5.16. The first kappa shape index (κ1) is 16.6. The van der Waals surface area contributed by atoms with Crippen molar-refractivity contribution < 1.29 is 4.74 Å². The fraction of sp³-hybridized carbons (Fsp3) is 0.600. The molecule has 108 valence electrons. The topological polar surface area (TPSA) is 35.2 Å². The summed E-state index contributed by atoms with van der Waals surface area (Å²) in [5.41, 5.74) is 7.28.